The van der Waals surface area contributed by atoms with Gasteiger partial charge in [0.05, 0.1) is 6.04 Å². The van der Waals surface area contributed by atoms with Crippen molar-refractivity contribution in [1.82, 2.24) is 5.32 Å². The van der Waals surface area contributed by atoms with E-state index in [0.29, 0.717) is 18.0 Å². The Morgan fingerprint density at radius 1 is 1.53 bits per heavy atom. The van der Waals surface area contributed by atoms with E-state index in [-0.39, 0.29) is 11.9 Å². The molecule has 0 aliphatic carbocycles. The van der Waals surface area contributed by atoms with Crippen LogP contribution in [0.25, 0.3) is 0 Å². The second-order valence-corrected chi connectivity index (χ2v) is 4.41. The Hall–Kier alpha value is -1.06. The summed E-state index contributed by atoms with van der Waals surface area (Å²) in [7, 11) is 0. The van der Waals surface area contributed by atoms with Crippen LogP contribution >= 0.6 is 11.6 Å². The second-order valence-electron chi connectivity index (χ2n) is 3.98. The van der Waals surface area contributed by atoms with Crippen LogP contribution < -0.4 is 11.1 Å². The maximum Gasteiger partial charge on any atom is 0.220 e. The zero-order chi connectivity index (χ0) is 12.7. The van der Waals surface area contributed by atoms with Gasteiger partial charge in [0, 0.05) is 11.4 Å². The van der Waals surface area contributed by atoms with Gasteiger partial charge < -0.3 is 11.1 Å². The van der Waals surface area contributed by atoms with E-state index >= 15 is 0 Å². The van der Waals surface area contributed by atoms with Crippen LogP contribution in [0.15, 0.2) is 24.3 Å². The molecule has 0 radical (unpaired) electrons. The van der Waals surface area contributed by atoms with E-state index in [1.807, 2.05) is 31.2 Å². The summed E-state index contributed by atoms with van der Waals surface area (Å²) in [5, 5.41) is 3.68. The number of nitrogens with two attached hydrogens (primary N) is 1. The summed E-state index contributed by atoms with van der Waals surface area (Å²) in [5.74, 6) is 0.0438. The fourth-order valence-corrected chi connectivity index (χ4v) is 1.87. The lowest BCUT2D eigenvalue weighted by Gasteiger charge is -2.17. The molecule has 0 spiro atoms. The summed E-state index contributed by atoms with van der Waals surface area (Å²) in [5.41, 5.74) is 6.42. The molecular weight excluding hydrogens is 236 g/mol. The van der Waals surface area contributed by atoms with Gasteiger partial charge in [-0.2, -0.15) is 0 Å². The smallest absolute Gasteiger partial charge is 0.220 e. The van der Waals surface area contributed by atoms with E-state index in [4.69, 9.17) is 17.3 Å². The van der Waals surface area contributed by atoms with Gasteiger partial charge >= 0.3 is 0 Å². The van der Waals surface area contributed by atoms with Gasteiger partial charge in [-0.3, -0.25) is 4.79 Å². The molecule has 1 atom stereocenters. The molecule has 0 aliphatic rings. The molecule has 1 unspecified atom stereocenters. The van der Waals surface area contributed by atoms with Crippen LogP contribution in [0.3, 0.4) is 0 Å². The maximum absolute atomic E-state index is 11.6. The first-order valence-corrected chi connectivity index (χ1v) is 6.30. The molecule has 94 valence electrons. The average molecular weight is 255 g/mol. The highest BCUT2D eigenvalue weighted by atomic mass is 35.5. The van der Waals surface area contributed by atoms with Crippen LogP contribution in [0.4, 0.5) is 0 Å². The Morgan fingerprint density at radius 2 is 2.29 bits per heavy atom. The molecule has 3 nitrogen and oxygen atoms in total. The number of rotatable bonds is 6. The monoisotopic (exact) mass is 254 g/mol. The van der Waals surface area contributed by atoms with E-state index in [2.05, 4.69) is 5.32 Å². The number of amides is 1. The van der Waals surface area contributed by atoms with Gasteiger partial charge in [-0.25, -0.2) is 0 Å². The first-order valence-electron chi connectivity index (χ1n) is 5.92. The van der Waals surface area contributed by atoms with Crippen LogP contribution in [-0.4, -0.2) is 12.5 Å². The minimum atomic E-state index is 0.0268. The quantitative estimate of drug-likeness (QED) is 0.820. The molecule has 1 aromatic rings. The fraction of sp³-hybridized carbons (Fsp3) is 0.462. The third-order valence-corrected chi connectivity index (χ3v) is 2.84. The topological polar surface area (TPSA) is 55.1 Å². The SMILES string of the molecule is CCC(NC(=O)CCCN)c1cccc(Cl)c1. The minimum absolute atomic E-state index is 0.0268. The van der Waals surface area contributed by atoms with Crippen molar-refractivity contribution in [1.29, 1.82) is 0 Å². The molecular formula is C13H19ClN2O. The summed E-state index contributed by atoms with van der Waals surface area (Å²) < 4.78 is 0. The molecule has 0 saturated carbocycles. The lowest BCUT2D eigenvalue weighted by Crippen LogP contribution is -2.28. The summed E-state index contributed by atoms with van der Waals surface area (Å²) in [6.07, 6.45) is 2.04. The van der Waals surface area contributed by atoms with Gasteiger partial charge in [-0.1, -0.05) is 30.7 Å². The van der Waals surface area contributed by atoms with Crippen molar-refractivity contribution in [2.24, 2.45) is 5.73 Å². The Kier molecular flexibility index (Phi) is 6.01. The minimum Gasteiger partial charge on any atom is -0.349 e. The fourth-order valence-electron chi connectivity index (χ4n) is 1.67. The van der Waals surface area contributed by atoms with E-state index in [0.717, 1.165) is 18.4 Å². The van der Waals surface area contributed by atoms with Crippen molar-refractivity contribution < 1.29 is 4.79 Å². The Labute approximate surface area is 107 Å². The summed E-state index contributed by atoms with van der Waals surface area (Å²) in [6, 6.07) is 7.61. The van der Waals surface area contributed by atoms with Crippen LogP contribution in [0, 0.1) is 0 Å². The van der Waals surface area contributed by atoms with Gasteiger partial charge in [0.1, 0.15) is 0 Å². The zero-order valence-electron chi connectivity index (χ0n) is 10.1. The van der Waals surface area contributed by atoms with Crippen LogP contribution in [0.1, 0.15) is 37.8 Å². The van der Waals surface area contributed by atoms with Crippen molar-refractivity contribution in [3.05, 3.63) is 34.9 Å². The molecule has 0 saturated heterocycles. The van der Waals surface area contributed by atoms with E-state index in [1.165, 1.54) is 0 Å². The van der Waals surface area contributed by atoms with Crippen LogP contribution in [0.2, 0.25) is 5.02 Å². The Balaban J connectivity index is 2.62. The molecule has 17 heavy (non-hydrogen) atoms. The van der Waals surface area contributed by atoms with Gasteiger partial charge in [0.2, 0.25) is 5.91 Å². The number of hydrogen-bond acceptors (Lipinski definition) is 2. The highest BCUT2D eigenvalue weighted by Crippen LogP contribution is 2.20. The van der Waals surface area contributed by atoms with Crippen LogP contribution in [0.5, 0.6) is 0 Å². The van der Waals surface area contributed by atoms with Crippen molar-refractivity contribution in [2.45, 2.75) is 32.2 Å². The molecule has 0 aromatic heterocycles. The normalized spacial score (nSPS) is 12.2. The number of nitrogens with one attached hydrogen (secondary N) is 1. The molecule has 3 N–H and O–H groups in total. The largest absolute Gasteiger partial charge is 0.349 e. The molecule has 0 heterocycles. The molecule has 0 fully saturated rings. The maximum atomic E-state index is 11.6. The lowest BCUT2D eigenvalue weighted by atomic mass is 10.0. The number of benzene rings is 1. The van der Waals surface area contributed by atoms with Crippen molar-refractivity contribution in [3.8, 4) is 0 Å². The summed E-state index contributed by atoms with van der Waals surface area (Å²) in [6.45, 7) is 2.58. The third-order valence-electron chi connectivity index (χ3n) is 2.60. The average Bonchev–Trinajstić information content (AvgIpc) is 2.33. The standard InChI is InChI=1S/C13H19ClN2O/c1-2-12(16-13(17)7-4-8-15)10-5-3-6-11(14)9-10/h3,5-6,9,12H,2,4,7-8,15H2,1H3,(H,16,17). The number of carbonyl (C=O) groups excluding carboxylic acids is 1. The van der Waals surface area contributed by atoms with Crippen molar-refractivity contribution in [3.63, 3.8) is 0 Å². The number of hydrogen-bond donors (Lipinski definition) is 2. The predicted molar refractivity (Wildman–Crippen MR) is 70.9 cm³/mol. The number of carbonyl (C=O) groups is 1. The Bertz CT molecular complexity index is 368. The Morgan fingerprint density at radius 3 is 2.88 bits per heavy atom. The van der Waals surface area contributed by atoms with Crippen LogP contribution in [-0.2, 0) is 4.79 Å². The third kappa shape index (κ3) is 4.75. The summed E-state index contributed by atoms with van der Waals surface area (Å²) in [4.78, 5) is 11.6. The first-order chi connectivity index (χ1) is 8.17. The van der Waals surface area contributed by atoms with Crippen molar-refractivity contribution in [2.75, 3.05) is 6.54 Å². The predicted octanol–water partition coefficient (Wildman–Crippen LogP) is 2.65. The van der Waals surface area contributed by atoms with Crippen molar-refractivity contribution >= 4 is 17.5 Å². The highest BCUT2D eigenvalue weighted by Gasteiger charge is 2.12. The van der Waals surface area contributed by atoms with E-state index < -0.39 is 0 Å². The van der Waals surface area contributed by atoms with Gasteiger partial charge in [-0.05, 0) is 37.1 Å². The lowest BCUT2D eigenvalue weighted by molar-refractivity contribution is -0.121. The van der Waals surface area contributed by atoms with E-state index in [9.17, 15) is 4.79 Å². The van der Waals surface area contributed by atoms with Gasteiger partial charge in [0.25, 0.3) is 0 Å². The second kappa shape index (κ2) is 7.30. The molecule has 4 heteroatoms. The van der Waals surface area contributed by atoms with Gasteiger partial charge in [0.15, 0.2) is 0 Å². The number of halogens is 1. The molecule has 1 rings (SSSR count). The highest BCUT2D eigenvalue weighted by molar-refractivity contribution is 6.30. The molecule has 0 bridgehead atoms. The molecule has 1 aromatic carbocycles. The van der Waals surface area contributed by atoms with E-state index in [1.54, 1.807) is 0 Å². The molecule has 0 aliphatic heterocycles. The molecule has 1 amide bonds. The summed E-state index contributed by atoms with van der Waals surface area (Å²) >= 11 is 5.94. The zero-order valence-corrected chi connectivity index (χ0v) is 10.8. The van der Waals surface area contributed by atoms with Gasteiger partial charge in [-0.15, -0.1) is 0 Å². The first kappa shape index (κ1) is 14.0.